The van der Waals surface area contributed by atoms with E-state index in [2.05, 4.69) is 0 Å². The maximum Gasteiger partial charge on any atom is 0.416 e. The first-order chi connectivity index (χ1) is 14.2. The smallest absolute Gasteiger partial charge is 0.416 e. The number of hydrogen-bond acceptors (Lipinski definition) is 5. The van der Waals surface area contributed by atoms with Crippen LogP contribution in [0.3, 0.4) is 0 Å². The number of ether oxygens (including phenoxy) is 3. The minimum atomic E-state index is -4.38. The van der Waals surface area contributed by atoms with Crippen molar-refractivity contribution in [3.8, 4) is 11.5 Å². The van der Waals surface area contributed by atoms with Gasteiger partial charge in [0.1, 0.15) is 24.2 Å². The molecule has 0 saturated heterocycles. The van der Waals surface area contributed by atoms with Gasteiger partial charge in [0.15, 0.2) is 6.61 Å². The molecule has 0 aliphatic rings. The van der Waals surface area contributed by atoms with Gasteiger partial charge in [0.2, 0.25) is 0 Å². The molecule has 0 aliphatic carbocycles. The number of carbonyl (C=O) groups is 1. The Hall–Kier alpha value is -2.43. The fraction of sp³-hybridized carbons (Fsp3) is 0.381. The number of benzene rings is 2. The van der Waals surface area contributed by atoms with E-state index in [0.29, 0.717) is 23.9 Å². The van der Waals surface area contributed by atoms with Gasteiger partial charge in [0, 0.05) is 17.3 Å². The molecule has 0 bridgehead atoms. The van der Waals surface area contributed by atoms with Crippen LogP contribution in [-0.2, 0) is 15.7 Å². The molecule has 0 radical (unpaired) electrons. The van der Waals surface area contributed by atoms with Crippen LogP contribution in [0.1, 0.15) is 18.1 Å². The fourth-order valence-electron chi connectivity index (χ4n) is 2.51. The predicted octanol–water partition coefficient (Wildman–Crippen LogP) is 4.23. The van der Waals surface area contributed by atoms with E-state index in [1.807, 2.05) is 26.0 Å². The van der Waals surface area contributed by atoms with Crippen LogP contribution >= 0.6 is 11.8 Å². The minimum absolute atomic E-state index is 0. The van der Waals surface area contributed by atoms with Crippen LogP contribution in [0.25, 0.3) is 0 Å². The van der Waals surface area contributed by atoms with E-state index in [0.717, 1.165) is 22.6 Å². The molecular weight excluding hydrogens is 437 g/mol. The summed E-state index contributed by atoms with van der Waals surface area (Å²) >= 11 is 1.53. The van der Waals surface area contributed by atoms with Crippen molar-refractivity contribution in [1.29, 1.82) is 0 Å². The van der Waals surface area contributed by atoms with E-state index >= 15 is 0 Å². The van der Waals surface area contributed by atoms with Gasteiger partial charge in [-0.25, -0.2) is 4.79 Å². The van der Waals surface area contributed by atoms with Crippen LogP contribution in [0.4, 0.5) is 13.2 Å². The summed E-state index contributed by atoms with van der Waals surface area (Å²) in [6.07, 6.45) is -4.64. The van der Waals surface area contributed by atoms with Crippen LogP contribution in [0, 0.1) is 6.92 Å². The summed E-state index contributed by atoms with van der Waals surface area (Å²) in [6.45, 7) is 3.96. The maximum absolute atomic E-state index is 12.6. The van der Waals surface area contributed by atoms with Crippen molar-refractivity contribution in [2.45, 2.75) is 31.0 Å². The highest BCUT2D eigenvalue weighted by molar-refractivity contribution is 7.99. The van der Waals surface area contributed by atoms with Crippen LogP contribution in [0.15, 0.2) is 47.4 Å². The SMILES string of the molecule is CCOC(COc1ccc(C(F)(F)F)cc1)CSc1ccc(OCC(=O)O)c(C)c1.O. The highest BCUT2D eigenvalue weighted by Gasteiger charge is 2.30. The quantitative estimate of drug-likeness (QED) is 0.502. The Balaban J connectivity index is 0.00000480. The van der Waals surface area contributed by atoms with Gasteiger partial charge in [0.05, 0.1) is 5.56 Å². The summed E-state index contributed by atoms with van der Waals surface area (Å²) in [5.74, 6) is 0.381. The normalized spacial score (nSPS) is 12.0. The summed E-state index contributed by atoms with van der Waals surface area (Å²) in [7, 11) is 0. The lowest BCUT2D eigenvalue weighted by atomic mass is 10.2. The molecule has 6 nitrogen and oxygen atoms in total. The fourth-order valence-corrected chi connectivity index (χ4v) is 3.51. The second-order valence-electron chi connectivity index (χ2n) is 6.33. The Morgan fingerprint density at radius 2 is 1.81 bits per heavy atom. The third-order valence-electron chi connectivity index (χ3n) is 3.95. The Kier molecular flexibility index (Phi) is 10.7. The summed E-state index contributed by atoms with van der Waals surface area (Å²) in [4.78, 5) is 11.6. The van der Waals surface area contributed by atoms with Gasteiger partial charge >= 0.3 is 12.1 Å². The molecule has 0 heterocycles. The number of carboxylic acid groups (broad SMARTS) is 1. The molecule has 0 spiro atoms. The molecule has 1 atom stereocenters. The zero-order valence-corrected chi connectivity index (χ0v) is 17.9. The van der Waals surface area contributed by atoms with Crippen LogP contribution < -0.4 is 9.47 Å². The van der Waals surface area contributed by atoms with Gasteiger partial charge < -0.3 is 24.8 Å². The van der Waals surface area contributed by atoms with Crippen molar-refractivity contribution in [2.75, 3.05) is 25.6 Å². The maximum atomic E-state index is 12.6. The molecule has 0 aliphatic heterocycles. The highest BCUT2D eigenvalue weighted by atomic mass is 32.2. The lowest BCUT2D eigenvalue weighted by molar-refractivity contribution is -0.139. The molecule has 2 aromatic carbocycles. The number of thioether (sulfide) groups is 1. The van der Waals surface area contributed by atoms with E-state index in [9.17, 15) is 18.0 Å². The van der Waals surface area contributed by atoms with Gasteiger partial charge in [0.25, 0.3) is 0 Å². The van der Waals surface area contributed by atoms with Gasteiger partial charge in [-0.05, 0) is 61.9 Å². The van der Waals surface area contributed by atoms with Crippen molar-refractivity contribution in [3.63, 3.8) is 0 Å². The zero-order valence-electron chi connectivity index (χ0n) is 17.1. The Labute approximate surface area is 182 Å². The average molecular weight is 462 g/mol. The highest BCUT2D eigenvalue weighted by Crippen LogP contribution is 2.30. The van der Waals surface area contributed by atoms with Crippen molar-refractivity contribution in [2.24, 2.45) is 0 Å². The topological polar surface area (TPSA) is 96.5 Å². The molecule has 1 unspecified atom stereocenters. The summed E-state index contributed by atoms with van der Waals surface area (Å²) in [6, 6.07) is 9.98. The Morgan fingerprint density at radius 3 is 2.35 bits per heavy atom. The van der Waals surface area contributed by atoms with E-state index in [1.54, 1.807) is 6.07 Å². The number of halogens is 3. The van der Waals surface area contributed by atoms with E-state index in [-0.39, 0.29) is 18.2 Å². The lowest BCUT2D eigenvalue weighted by Gasteiger charge is -2.18. The van der Waals surface area contributed by atoms with Gasteiger partial charge in [-0.2, -0.15) is 13.2 Å². The van der Waals surface area contributed by atoms with Crippen LogP contribution in [-0.4, -0.2) is 48.2 Å². The molecule has 0 amide bonds. The first kappa shape index (κ1) is 26.6. The zero-order chi connectivity index (χ0) is 22.1. The first-order valence-electron chi connectivity index (χ1n) is 9.18. The molecule has 0 saturated carbocycles. The largest absolute Gasteiger partial charge is 0.491 e. The van der Waals surface area contributed by atoms with Gasteiger partial charge in [-0.15, -0.1) is 11.8 Å². The summed E-state index contributed by atoms with van der Waals surface area (Å²) in [5.41, 5.74) is 0.0909. The van der Waals surface area contributed by atoms with Crippen molar-refractivity contribution in [1.82, 2.24) is 0 Å². The summed E-state index contributed by atoms with van der Waals surface area (Å²) in [5, 5.41) is 8.69. The third-order valence-corrected chi connectivity index (χ3v) is 5.08. The molecule has 0 aromatic heterocycles. The number of aliphatic carboxylic acids is 1. The van der Waals surface area contributed by atoms with E-state index in [1.165, 1.54) is 23.9 Å². The summed E-state index contributed by atoms with van der Waals surface area (Å²) < 4.78 is 54.4. The van der Waals surface area contributed by atoms with Crippen molar-refractivity contribution < 1.29 is 42.8 Å². The Morgan fingerprint density at radius 1 is 1.13 bits per heavy atom. The monoisotopic (exact) mass is 462 g/mol. The number of hydrogen-bond donors (Lipinski definition) is 1. The number of aryl methyl sites for hydroxylation is 1. The Bertz CT molecular complexity index is 827. The molecule has 0 fully saturated rings. The van der Waals surface area contributed by atoms with Crippen molar-refractivity contribution in [3.05, 3.63) is 53.6 Å². The predicted molar refractivity (Wildman–Crippen MR) is 111 cm³/mol. The number of alkyl halides is 3. The van der Waals surface area contributed by atoms with Crippen LogP contribution in [0.5, 0.6) is 11.5 Å². The molecule has 2 aromatic rings. The molecule has 172 valence electrons. The van der Waals surface area contributed by atoms with E-state index in [4.69, 9.17) is 19.3 Å². The number of rotatable bonds is 11. The second kappa shape index (κ2) is 12.4. The second-order valence-corrected chi connectivity index (χ2v) is 7.42. The third kappa shape index (κ3) is 9.07. The van der Waals surface area contributed by atoms with Gasteiger partial charge in [-0.1, -0.05) is 0 Å². The molecule has 31 heavy (non-hydrogen) atoms. The lowest BCUT2D eigenvalue weighted by Crippen LogP contribution is -2.24. The molecular formula is C21H25F3O6S. The van der Waals surface area contributed by atoms with Gasteiger partial charge in [-0.3, -0.25) is 0 Å². The molecule has 3 N–H and O–H groups in total. The standard InChI is InChI=1S/C21H23F3O5S.H2O/c1-3-27-17(11-28-16-6-4-15(5-7-16)21(22,23)24)13-30-18-8-9-19(14(2)10-18)29-12-20(25)26;/h4-10,17H,3,11-13H2,1-2H3,(H,25,26);1H2. The molecule has 2 rings (SSSR count). The van der Waals surface area contributed by atoms with Crippen LogP contribution in [0.2, 0.25) is 0 Å². The van der Waals surface area contributed by atoms with E-state index < -0.39 is 24.3 Å². The molecule has 10 heteroatoms. The number of carboxylic acids is 1. The first-order valence-corrected chi connectivity index (χ1v) is 10.2. The minimum Gasteiger partial charge on any atom is -0.491 e. The van der Waals surface area contributed by atoms with Crippen molar-refractivity contribution >= 4 is 17.7 Å². The average Bonchev–Trinajstić information content (AvgIpc) is 2.69.